The molecule has 1 atom stereocenters. The minimum absolute atomic E-state index is 0.00180. The molecule has 0 saturated carbocycles. The van der Waals surface area contributed by atoms with Gasteiger partial charge in [-0.25, -0.2) is 4.98 Å². The van der Waals surface area contributed by atoms with E-state index in [1.807, 2.05) is 13.8 Å². The fourth-order valence-electron chi connectivity index (χ4n) is 1.78. The summed E-state index contributed by atoms with van der Waals surface area (Å²) in [5.74, 6) is -0.112. The molecule has 0 bridgehead atoms. The van der Waals surface area contributed by atoms with Gasteiger partial charge in [-0.3, -0.25) is 0 Å². The van der Waals surface area contributed by atoms with Crippen LogP contribution in [-0.4, -0.2) is 21.1 Å². The van der Waals surface area contributed by atoms with E-state index in [4.69, 9.17) is 0 Å². The predicted molar refractivity (Wildman–Crippen MR) is 81.8 cm³/mol. The van der Waals surface area contributed by atoms with Gasteiger partial charge >= 0.3 is 6.18 Å². The lowest BCUT2D eigenvalue weighted by Gasteiger charge is -2.15. The molecule has 0 saturated heterocycles. The van der Waals surface area contributed by atoms with Crippen molar-refractivity contribution in [3.8, 4) is 5.75 Å². The number of benzene rings is 1. The summed E-state index contributed by atoms with van der Waals surface area (Å²) in [6.45, 7) is 3.73. The Balaban J connectivity index is 2.35. The number of hydrogen-bond acceptors (Lipinski definition) is 5. The van der Waals surface area contributed by atoms with Crippen molar-refractivity contribution in [1.29, 1.82) is 0 Å². The number of anilines is 3. The maximum atomic E-state index is 13.0. The second kappa shape index (κ2) is 6.72. The Morgan fingerprint density at radius 2 is 1.96 bits per heavy atom. The summed E-state index contributed by atoms with van der Waals surface area (Å²) in [4.78, 5) is 7.56. The Morgan fingerprint density at radius 1 is 1.22 bits per heavy atom. The third kappa shape index (κ3) is 4.73. The minimum Gasteiger partial charge on any atom is -0.508 e. The zero-order valence-electron chi connectivity index (χ0n) is 12.6. The third-order valence-corrected chi connectivity index (χ3v) is 3.12. The highest BCUT2D eigenvalue weighted by atomic mass is 19.4. The van der Waals surface area contributed by atoms with Crippen LogP contribution in [0.3, 0.4) is 0 Å². The molecule has 0 aliphatic heterocycles. The van der Waals surface area contributed by atoms with Gasteiger partial charge in [0.05, 0.1) is 0 Å². The maximum absolute atomic E-state index is 13.0. The molecule has 0 amide bonds. The first-order valence-electron chi connectivity index (χ1n) is 7.07. The number of phenolic OH excluding ortho intramolecular Hbond substituents is 1. The normalized spacial score (nSPS) is 12.7. The molecule has 3 N–H and O–H groups in total. The van der Waals surface area contributed by atoms with Gasteiger partial charge in [0.15, 0.2) is 5.69 Å². The molecular weight excluding hydrogens is 309 g/mol. The molecule has 1 aromatic heterocycles. The molecule has 0 aliphatic rings. The molecule has 2 rings (SSSR count). The van der Waals surface area contributed by atoms with E-state index < -0.39 is 11.9 Å². The summed E-state index contributed by atoms with van der Waals surface area (Å²) >= 11 is 0. The number of alkyl halides is 3. The van der Waals surface area contributed by atoms with E-state index in [2.05, 4.69) is 20.6 Å². The molecule has 0 fully saturated rings. The van der Waals surface area contributed by atoms with Gasteiger partial charge in [-0.05, 0) is 25.5 Å². The molecular formula is C15H17F3N4O. The summed E-state index contributed by atoms with van der Waals surface area (Å²) < 4.78 is 39.0. The average molecular weight is 326 g/mol. The van der Waals surface area contributed by atoms with Gasteiger partial charge in [0.25, 0.3) is 0 Å². The van der Waals surface area contributed by atoms with E-state index in [0.29, 0.717) is 5.69 Å². The highest BCUT2D eigenvalue weighted by molar-refractivity contribution is 5.59. The number of phenols is 1. The molecule has 2 aromatic rings. The monoisotopic (exact) mass is 326 g/mol. The molecule has 8 heteroatoms. The summed E-state index contributed by atoms with van der Waals surface area (Å²) in [5, 5.41) is 15.0. The van der Waals surface area contributed by atoms with Crippen molar-refractivity contribution in [2.45, 2.75) is 32.5 Å². The lowest BCUT2D eigenvalue weighted by Crippen LogP contribution is -2.18. The quantitative estimate of drug-likeness (QED) is 0.770. The summed E-state index contributed by atoms with van der Waals surface area (Å²) in [7, 11) is 0. The molecule has 0 aliphatic carbocycles. The molecule has 124 valence electrons. The molecule has 23 heavy (non-hydrogen) atoms. The van der Waals surface area contributed by atoms with Crippen molar-refractivity contribution in [1.82, 2.24) is 9.97 Å². The van der Waals surface area contributed by atoms with Crippen molar-refractivity contribution in [2.75, 3.05) is 10.6 Å². The lowest BCUT2D eigenvalue weighted by molar-refractivity contribution is -0.141. The number of nitrogens with one attached hydrogen (secondary N) is 2. The van der Waals surface area contributed by atoms with E-state index >= 15 is 0 Å². The van der Waals surface area contributed by atoms with E-state index in [0.717, 1.165) is 12.5 Å². The molecule has 0 unspecified atom stereocenters. The molecule has 0 spiro atoms. The van der Waals surface area contributed by atoms with Crippen LogP contribution in [0.15, 0.2) is 30.3 Å². The zero-order chi connectivity index (χ0) is 17.0. The molecule has 1 aromatic carbocycles. The summed E-state index contributed by atoms with van der Waals surface area (Å²) in [6, 6.07) is 6.79. The topological polar surface area (TPSA) is 70.1 Å². The molecule has 1 heterocycles. The van der Waals surface area contributed by atoms with Crippen LogP contribution in [0.4, 0.5) is 30.6 Å². The predicted octanol–water partition coefficient (Wildman–Crippen LogP) is 4.16. The zero-order valence-corrected chi connectivity index (χ0v) is 12.6. The number of nitrogens with zero attached hydrogens (tertiary/aromatic N) is 2. The van der Waals surface area contributed by atoms with Crippen molar-refractivity contribution < 1.29 is 18.3 Å². The van der Waals surface area contributed by atoms with Crippen LogP contribution in [0, 0.1) is 0 Å². The molecule has 5 nitrogen and oxygen atoms in total. The van der Waals surface area contributed by atoms with E-state index in [1.54, 1.807) is 12.1 Å². The van der Waals surface area contributed by atoms with Gasteiger partial charge < -0.3 is 15.7 Å². The van der Waals surface area contributed by atoms with Gasteiger partial charge in [0.2, 0.25) is 5.95 Å². The first-order chi connectivity index (χ1) is 10.8. The van der Waals surface area contributed by atoms with Crippen molar-refractivity contribution in [3.05, 3.63) is 36.0 Å². The number of hydrogen-bond donors (Lipinski definition) is 3. The number of halogens is 3. The Bertz CT molecular complexity index is 676. The SMILES string of the molecule is CC[C@@H](C)Nc1nc(Nc2cccc(O)c2)cc(C(F)(F)F)n1. The largest absolute Gasteiger partial charge is 0.508 e. The second-order valence-corrected chi connectivity index (χ2v) is 5.09. The second-order valence-electron chi connectivity index (χ2n) is 5.09. The minimum atomic E-state index is -4.58. The van der Waals surface area contributed by atoms with Crippen LogP contribution >= 0.6 is 0 Å². The Kier molecular flexibility index (Phi) is 4.92. The number of aromatic hydroxyl groups is 1. The van der Waals surface area contributed by atoms with Gasteiger partial charge in [0, 0.05) is 23.9 Å². The maximum Gasteiger partial charge on any atom is 0.433 e. The molecule has 0 radical (unpaired) electrons. The van der Waals surface area contributed by atoms with Gasteiger partial charge in [-0.15, -0.1) is 0 Å². The van der Waals surface area contributed by atoms with Crippen LogP contribution in [0.2, 0.25) is 0 Å². The Morgan fingerprint density at radius 3 is 2.57 bits per heavy atom. The van der Waals surface area contributed by atoms with Crippen LogP contribution in [0.1, 0.15) is 26.0 Å². The smallest absolute Gasteiger partial charge is 0.433 e. The van der Waals surface area contributed by atoms with Crippen LogP contribution < -0.4 is 10.6 Å². The van der Waals surface area contributed by atoms with Crippen LogP contribution in [-0.2, 0) is 6.18 Å². The van der Waals surface area contributed by atoms with E-state index in [-0.39, 0.29) is 23.6 Å². The highest BCUT2D eigenvalue weighted by Gasteiger charge is 2.33. The van der Waals surface area contributed by atoms with Crippen molar-refractivity contribution >= 4 is 17.5 Å². The fourth-order valence-corrected chi connectivity index (χ4v) is 1.78. The number of rotatable bonds is 5. The average Bonchev–Trinajstić information content (AvgIpc) is 2.46. The van der Waals surface area contributed by atoms with Crippen molar-refractivity contribution in [2.24, 2.45) is 0 Å². The first-order valence-corrected chi connectivity index (χ1v) is 7.07. The first kappa shape index (κ1) is 16.9. The summed E-state index contributed by atoms with van der Waals surface area (Å²) in [5.41, 5.74) is -0.618. The Hall–Kier alpha value is -2.51. The van der Waals surface area contributed by atoms with Crippen molar-refractivity contribution in [3.63, 3.8) is 0 Å². The summed E-state index contributed by atoms with van der Waals surface area (Å²) in [6.07, 6.45) is -3.86. The Labute approximate surface area is 131 Å². The highest BCUT2D eigenvalue weighted by Crippen LogP contribution is 2.30. The lowest BCUT2D eigenvalue weighted by atomic mass is 10.2. The fraction of sp³-hybridized carbons (Fsp3) is 0.333. The number of aromatic nitrogens is 2. The van der Waals surface area contributed by atoms with Crippen LogP contribution in [0.25, 0.3) is 0 Å². The standard InChI is InChI=1S/C15H17F3N4O/c1-3-9(2)19-14-21-12(15(16,17)18)8-13(22-14)20-10-5-4-6-11(23)7-10/h4-9,23H,3H2,1-2H3,(H2,19,20,21,22)/t9-/m1/s1. The van der Waals surface area contributed by atoms with Gasteiger partial charge in [0.1, 0.15) is 11.6 Å². The third-order valence-electron chi connectivity index (χ3n) is 3.12. The van der Waals surface area contributed by atoms with Gasteiger partial charge in [-0.1, -0.05) is 13.0 Å². The van der Waals surface area contributed by atoms with Crippen LogP contribution in [0.5, 0.6) is 5.75 Å². The van der Waals surface area contributed by atoms with E-state index in [9.17, 15) is 18.3 Å². The van der Waals surface area contributed by atoms with E-state index in [1.165, 1.54) is 12.1 Å². The van der Waals surface area contributed by atoms with Gasteiger partial charge in [-0.2, -0.15) is 18.2 Å².